The maximum Gasteiger partial charge on any atom is 0.247 e. The largest absolute Gasteiger partial charge is 0.423 e. The van der Waals surface area contributed by atoms with Crippen LogP contribution < -0.4 is 5.32 Å². The van der Waals surface area contributed by atoms with E-state index in [0.29, 0.717) is 18.2 Å². The molecule has 1 aromatic carbocycles. The van der Waals surface area contributed by atoms with Crippen LogP contribution in [0.1, 0.15) is 37.7 Å². The molecule has 0 aliphatic heterocycles. The fraction of sp³-hybridized carbons (Fsp3) is 0.438. The number of nitrogens with zero attached hydrogens (tertiary/aromatic N) is 2. The van der Waals surface area contributed by atoms with Crippen molar-refractivity contribution in [2.24, 2.45) is 5.92 Å². The van der Waals surface area contributed by atoms with E-state index in [-0.39, 0.29) is 5.91 Å². The fourth-order valence-electron chi connectivity index (χ4n) is 2.87. The van der Waals surface area contributed by atoms with Crippen LogP contribution in [0.25, 0.3) is 11.5 Å². The Morgan fingerprint density at radius 2 is 2.19 bits per heavy atom. The summed E-state index contributed by atoms with van der Waals surface area (Å²) in [6.07, 6.45) is 6.77. The highest BCUT2D eigenvalue weighted by molar-refractivity contribution is 5.92. The summed E-state index contributed by atoms with van der Waals surface area (Å²) < 4.78 is 5.19. The first kappa shape index (κ1) is 13.8. The third-order valence-corrected chi connectivity index (χ3v) is 4.07. The molecule has 1 saturated carbocycles. The van der Waals surface area contributed by atoms with E-state index in [1.54, 1.807) is 0 Å². The summed E-state index contributed by atoms with van der Waals surface area (Å²) in [6, 6.07) is 5.75. The molecule has 0 atom stereocenters. The summed E-state index contributed by atoms with van der Waals surface area (Å²) in [6.45, 7) is 1.97. The molecule has 0 unspecified atom stereocenters. The highest BCUT2D eigenvalue weighted by Gasteiger charge is 2.19. The minimum absolute atomic E-state index is 0.0904. The van der Waals surface area contributed by atoms with Crippen LogP contribution in [-0.2, 0) is 4.79 Å². The predicted octanol–water partition coefficient (Wildman–Crippen LogP) is 3.56. The Morgan fingerprint density at radius 1 is 1.38 bits per heavy atom. The van der Waals surface area contributed by atoms with Crippen molar-refractivity contribution in [2.75, 3.05) is 5.32 Å². The zero-order valence-corrected chi connectivity index (χ0v) is 12.1. The maximum atomic E-state index is 12.2. The van der Waals surface area contributed by atoms with E-state index in [4.69, 9.17) is 4.42 Å². The number of benzene rings is 1. The highest BCUT2D eigenvalue weighted by atomic mass is 16.4. The summed E-state index contributed by atoms with van der Waals surface area (Å²) in [5.41, 5.74) is 2.65. The van der Waals surface area contributed by atoms with Crippen molar-refractivity contribution in [1.29, 1.82) is 0 Å². The van der Waals surface area contributed by atoms with Crippen LogP contribution in [0.15, 0.2) is 29.0 Å². The van der Waals surface area contributed by atoms with Crippen molar-refractivity contribution in [1.82, 2.24) is 10.2 Å². The van der Waals surface area contributed by atoms with Gasteiger partial charge in [-0.1, -0.05) is 18.9 Å². The number of aryl methyl sites for hydroxylation is 1. The smallest absolute Gasteiger partial charge is 0.247 e. The molecule has 2 aromatic rings. The third-order valence-electron chi connectivity index (χ3n) is 4.07. The van der Waals surface area contributed by atoms with Crippen molar-refractivity contribution >= 4 is 11.6 Å². The summed E-state index contributed by atoms with van der Waals surface area (Å²) >= 11 is 0. The van der Waals surface area contributed by atoms with Crippen LogP contribution in [0.2, 0.25) is 0 Å². The molecule has 110 valence electrons. The lowest BCUT2D eigenvalue weighted by atomic mass is 10.0. The molecule has 1 heterocycles. The van der Waals surface area contributed by atoms with E-state index >= 15 is 0 Å². The fourth-order valence-corrected chi connectivity index (χ4v) is 2.87. The molecule has 0 saturated heterocycles. The van der Waals surface area contributed by atoms with Crippen LogP contribution >= 0.6 is 0 Å². The van der Waals surface area contributed by atoms with E-state index in [1.165, 1.54) is 32.1 Å². The summed E-state index contributed by atoms with van der Waals surface area (Å²) in [5, 5.41) is 10.6. The number of aromatic nitrogens is 2. The van der Waals surface area contributed by atoms with Crippen LogP contribution in [-0.4, -0.2) is 16.1 Å². The van der Waals surface area contributed by atoms with Crippen molar-refractivity contribution in [2.45, 2.75) is 39.0 Å². The van der Waals surface area contributed by atoms with Crippen molar-refractivity contribution in [3.63, 3.8) is 0 Å². The zero-order valence-electron chi connectivity index (χ0n) is 12.1. The van der Waals surface area contributed by atoms with E-state index in [2.05, 4.69) is 15.5 Å². The summed E-state index contributed by atoms with van der Waals surface area (Å²) in [4.78, 5) is 12.2. The zero-order chi connectivity index (χ0) is 14.7. The number of carbonyl (C=O) groups excluding carboxylic acids is 1. The van der Waals surface area contributed by atoms with Gasteiger partial charge in [0, 0.05) is 17.7 Å². The Balaban J connectivity index is 1.72. The van der Waals surface area contributed by atoms with Gasteiger partial charge in [-0.15, -0.1) is 10.2 Å². The molecule has 1 fully saturated rings. The average Bonchev–Trinajstić information content (AvgIpc) is 3.14. The number of carbonyl (C=O) groups is 1. The van der Waals surface area contributed by atoms with E-state index in [0.717, 1.165) is 16.8 Å². The second kappa shape index (κ2) is 6.08. The lowest BCUT2D eigenvalue weighted by Gasteiger charge is -2.12. The number of nitrogens with one attached hydrogen (secondary N) is 1. The van der Waals surface area contributed by atoms with Gasteiger partial charge in [0.15, 0.2) is 0 Å². The highest BCUT2D eigenvalue weighted by Crippen LogP contribution is 2.29. The topological polar surface area (TPSA) is 68.0 Å². The van der Waals surface area contributed by atoms with Gasteiger partial charge in [0.2, 0.25) is 18.2 Å². The molecule has 21 heavy (non-hydrogen) atoms. The number of hydrogen-bond donors (Lipinski definition) is 1. The van der Waals surface area contributed by atoms with Crippen molar-refractivity contribution in [3.05, 3.63) is 30.2 Å². The van der Waals surface area contributed by atoms with Gasteiger partial charge in [0.25, 0.3) is 0 Å². The van der Waals surface area contributed by atoms with E-state index in [1.807, 2.05) is 25.1 Å². The number of hydrogen-bond acceptors (Lipinski definition) is 4. The first-order chi connectivity index (χ1) is 10.2. The molecule has 5 heteroatoms. The molecule has 1 aromatic heterocycles. The normalized spacial score (nSPS) is 15.3. The molecule has 0 bridgehead atoms. The maximum absolute atomic E-state index is 12.2. The van der Waals surface area contributed by atoms with E-state index < -0.39 is 0 Å². The monoisotopic (exact) mass is 285 g/mol. The Bertz CT molecular complexity index is 616. The van der Waals surface area contributed by atoms with Gasteiger partial charge < -0.3 is 9.73 Å². The Hall–Kier alpha value is -2.17. The second-order valence-electron chi connectivity index (χ2n) is 5.68. The quantitative estimate of drug-likeness (QED) is 0.932. The van der Waals surface area contributed by atoms with Gasteiger partial charge in [0.1, 0.15) is 0 Å². The lowest BCUT2D eigenvalue weighted by Crippen LogP contribution is -2.15. The first-order valence-corrected chi connectivity index (χ1v) is 7.39. The Kier molecular flexibility index (Phi) is 3.99. The molecular formula is C16H19N3O2. The number of anilines is 1. The van der Waals surface area contributed by atoms with Gasteiger partial charge in [-0.3, -0.25) is 4.79 Å². The third kappa shape index (κ3) is 3.29. The molecule has 0 radical (unpaired) electrons. The molecule has 0 spiro atoms. The average molecular weight is 285 g/mol. The molecule has 1 aliphatic rings. The first-order valence-electron chi connectivity index (χ1n) is 7.39. The van der Waals surface area contributed by atoms with Gasteiger partial charge >= 0.3 is 0 Å². The van der Waals surface area contributed by atoms with Gasteiger partial charge in [-0.05, 0) is 43.4 Å². The van der Waals surface area contributed by atoms with Crippen LogP contribution in [0.5, 0.6) is 0 Å². The number of rotatable bonds is 4. The standard InChI is InChI=1S/C16H19N3O2/c1-11-6-7-13(16-19-17-10-21-16)9-14(11)18-15(20)8-12-4-2-3-5-12/h6-7,9-10,12H,2-5,8H2,1H3,(H,18,20). The Morgan fingerprint density at radius 3 is 2.90 bits per heavy atom. The SMILES string of the molecule is Cc1ccc(-c2nnco2)cc1NC(=O)CC1CCCC1. The molecule has 5 nitrogen and oxygen atoms in total. The van der Waals surface area contributed by atoms with Crippen LogP contribution in [0.3, 0.4) is 0 Å². The van der Waals surface area contributed by atoms with Crippen molar-refractivity contribution in [3.8, 4) is 11.5 Å². The van der Waals surface area contributed by atoms with Gasteiger partial charge in [-0.25, -0.2) is 0 Å². The molecular weight excluding hydrogens is 266 g/mol. The van der Waals surface area contributed by atoms with Gasteiger partial charge in [-0.2, -0.15) is 0 Å². The second-order valence-corrected chi connectivity index (χ2v) is 5.68. The molecule has 1 amide bonds. The lowest BCUT2D eigenvalue weighted by molar-refractivity contribution is -0.117. The summed E-state index contributed by atoms with van der Waals surface area (Å²) in [7, 11) is 0. The van der Waals surface area contributed by atoms with E-state index in [9.17, 15) is 4.79 Å². The predicted molar refractivity (Wildman–Crippen MR) is 79.7 cm³/mol. The van der Waals surface area contributed by atoms with Crippen LogP contribution in [0, 0.1) is 12.8 Å². The number of amides is 1. The minimum Gasteiger partial charge on any atom is -0.423 e. The molecule has 1 N–H and O–H groups in total. The summed E-state index contributed by atoms with van der Waals surface area (Å²) in [5.74, 6) is 1.10. The molecule has 3 rings (SSSR count). The van der Waals surface area contributed by atoms with Crippen LogP contribution in [0.4, 0.5) is 5.69 Å². The molecule has 1 aliphatic carbocycles. The Labute approximate surface area is 123 Å². The van der Waals surface area contributed by atoms with Gasteiger partial charge in [0.05, 0.1) is 0 Å². The van der Waals surface area contributed by atoms with Crippen molar-refractivity contribution < 1.29 is 9.21 Å². The minimum atomic E-state index is 0.0904.